The number of carbonyl (C=O) groups excluding carboxylic acids is 2. The van der Waals surface area contributed by atoms with E-state index in [0.29, 0.717) is 5.57 Å². The summed E-state index contributed by atoms with van der Waals surface area (Å²) < 4.78 is 0. The molecular formula is C13H13NO2. The van der Waals surface area contributed by atoms with Crippen molar-refractivity contribution < 1.29 is 9.59 Å². The van der Waals surface area contributed by atoms with Crippen molar-refractivity contribution >= 4 is 17.9 Å². The number of aryl methyl sites for hydroxylation is 2. The van der Waals surface area contributed by atoms with Crippen molar-refractivity contribution in [3.8, 4) is 0 Å². The van der Waals surface area contributed by atoms with E-state index in [9.17, 15) is 9.59 Å². The Bertz CT molecular complexity index is 480. The second-order valence-electron chi connectivity index (χ2n) is 4.03. The summed E-state index contributed by atoms with van der Waals surface area (Å²) in [4.78, 5) is 22.5. The maximum absolute atomic E-state index is 11.4. The number of carbonyl (C=O) groups is 2. The van der Waals surface area contributed by atoms with Gasteiger partial charge in [-0.2, -0.15) is 0 Å². The van der Waals surface area contributed by atoms with Gasteiger partial charge >= 0.3 is 0 Å². The van der Waals surface area contributed by atoms with Crippen molar-refractivity contribution in [1.29, 1.82) is 0 Å². The van der Waals surface area contributed by atoms with Crippen LogP contribution in [0.5, 0.6) is 0 Å². The van der Waals surface area contributed by atoms with Gasteiger partial charge in [0.1, 0.15) is 0 Å². The highest BCUT2D eigenvalue weighted by Gasteiger charge is 2.23. The minimum Gasteiger partial charge on any atom is -0.292 e. The summed E-state index contributed by atoms with van der Waals surface area (Å²) in [6, 6.07) is 5.97. The summed E-state index contributed by atoms with van der Waals surface area (Å²) in [6.45, 7) is 3.99. The van der Waals surface area contributed by atoms with E-state index in [-0.39, 0.29) is 18.2 Å². The molecule has 0 bridgehead atoms. The maximum Gasteiger partial charge on any atom is 0.254 e. The molecule has 1 aliphatic heterocycles. The molecular weight excluding hydrogens is 202 g/mol. The monoisotopic (exact) mass is 215 g/mol. The van der Waals surface area contributed by atoms with E-state index in [4.69, 9.17) is 0 Å². The maximum atomic E-state index is 11.4. The third kappa shape index (κ3) is 1.89. The van der Waals surface area contributed by atoms with Crippen LogP contribution in [0.4, 0.5) is 0 Å². The van der Waals surface area contributed by atoms with Crippen LogP contribution in [0.15, 0.2) is 23.8 Å². The topological polar surface area (TPSA) is 46.2 Å². The standard InChI is InChI=1S/C13H13NO2/c1-8-4-3-5-9(2)11(8)6-10-7-12(15)14-13(10)16/h3-6H,7H2,1-2H3,(H,14,15,16)/b10-6-. The molecule has 1 aliphatic rings. The molecule has 1 N–H and O–H groups in total. The molecule has 0 aromatic heterocycles. The zero-order valence-electron chi connectivity index (χ0n) is 9.33. The highest BCUT2D eigenvalue weighted by Crippen LogP contribution is 2.20. The summed E-state index contributed by atoms with van der Waals surface area (Å²) in [5.41, 5.74) is 3.80. The summed E-state index contributed by atoms with van der Waals surface area (Å²) in [6.07, 6.45) is 2.00. The van der Waals surface area contributed by atoms with Gasteiger partial charge in [-0.15, -0.1) is 0 Å². The van der Waals surface area contributed by atoms with E-state index in [1.807, 2.05) is 38.1 Å². The molecule has 1 aromatic carbocycles. The van der Waals surface area contributed by atoms with E-state index >= 15 is 0 Å². The van der Waals surface area contributed by atoms with Crippen LogP contribution in [0.1, 0.15) is 23.1 Å². The van der Waals surface area contributed by atoms with Crippen molar-refractivity contribution in [3.05, 3.63) is 40.5 Å². The van der Waals surface area contributed by atoms with Crippen LogP contribution in [0, 0.1) is 13.8 Å². The fraction of sp³-hybridized carbons (Fsp3) is 0.231. The molecule has 1 saturated heterocycles. The molecule has 0 radical (unpaired) electrons. The normalized spacial score (nSPS) is 18.0. The first-order valence-corrected chi connectivity index (χ1v) is 5.19. The Morgan fingerprint density at radius 2 is 1.81 bits per heavy atom. The summed E-state index contributed by atoms with van der Waals surface area (Å²) in [5, 5.41) is 2.28. The first-order chi connectivity index (χ1) is 7.58. The molecule has 16 heavy (non-hydrogen) atoms. The van der Waals surface area contributed by atoms with E-state index in [1.165, 1.54) is 0 Å². The third-order valence-corrected chi connectivity index (χ3v) is 2.76. The summed E-state index contributed by atoms with van der Waals surface area (Å²) >= 11 is 0. The first kappa shape index (κ1) is 10.6. The Labute approximate surface area is 94.2 Å². The minimum atomic E-state index is -0.271. The van der Waals surface area contributed by atoms with E-state index in [1.54, 1.807) is 0 Å². The van der Waals surface area contributed by atoms with Gasteiger partial charge in [0.2, 0.25) is 5.91 Å². The zero-order valence-corrected chi connectivity index (χ0v) is 9.33. The predicted octanol–water partition coefficient (Wildman–Crippen LogP) is 1.73. The number of rotatable bonds is 1. The second-order valence-corrected chi connectivity index (χ2v) is 4.03. The van der Waals surface area contributed by atoms with Gasteiger partial charge in [0.25, 0.3) is 5.91 Å². The Morgan fingerprint density at radius 1 is 1.19 bits per heavy atom. The number of hydrogen-bond donors (Lipinski definition) is 1. The van der Waals surface area contributed by atoms with Gasteiger partial charge in [0.15, 0.2) is 0 Å². The van der Waals surface area contributed by atoms with Crippen LogP contribution >= 0.6 is 0 Å². The van der Waals surface area contributed by atoms with Gasteiger partial charge in [0, 0.05) is 5.57 Å². The fourth-order valence-corrected chi connectivity index (χ4v) is 1.85. The minimum absolute atomic E-state index is 0.187. The Hall–Kier alpha value is -1.90. The first-order valence-electron chi connectivity index (χ1n) is 5.19. The molecule has 1 fully saturated rings. The van der Waals surface area contributed by atoms with Crippen molar-refractivity contribution in [2.45, 2.75) is 20.3 Å². The number of benzene rings is 1. The Balaban J connectivity index is 2.44. The predicted molar refractivity (Wildman–Crippen MR) is 61.7 cm³/mol. The van der Waals surface area contributed by atoms with Crippen LogP contribution in [-0.4, -0.2) is 11.8 Å². The summed E-state index contributed by atoms with van der Waals surface area (Å²) in [7, 11) is 0. The molecule has 1 heterocycles. The molecule has 0 saturated carbocycles. The van der Waals surface area contributed by atoms with Gasteiger partial charge in [-0.25, -0.2) is 0 Å². The van der Waals surface area contributed by atoms with Gasteiger partial charge in [0.05, 0.1) is 6.42 Å². The Kier molecular flexibility index (Phi) is 2.60. The molecule has 2 rings (SSSR count). The lowest BCUT2D eigenvalue weighted by Gasteiger charge is -2.05. The lowest BCUT2D eigenvalue weighted by atomic mass is 10.00. The molecule has 0 aliphatic carbocycles. The third-order valence-electron chi connectivity index (χ3n) is 2.76. The van der Waals surface area contributed by atoms with Crippen LogP contribution in [0.3, 0.4) is 0 Å². The highest BCUT2D eigenvalue weighted by atomic mass is 16.2. The largest absolute Gasteiger partial charge is 0.292 e. The van der Waals surface area contributed by atoms with Crippen molar-refractivity contribution in [3.63, 3.8) is 0 Å². The quantitative estimate of drug-likeness (QED) is 0.573. The number of amides is 2. The smallest absolute Gasteiger partial charge is 0.254 e. The average Bonchev–Trinajstić information content (AvgIpc) is 2.51. The zero-order chi connectivity index (χ0) is 11.7. The number of nitrogens with one attached hydrogen (secondary N) is 1. The Morgan fingerprint density at radius 3 is 2.31 bits per heavy atom. The van der Waals surface area contributed by atoms with Crippen molar-refractivity contribution in [1.82, 2.24) is 5.32 Å². The molecule has 1 aromatic rings. The van der Waals surface area contributed by atoms with Crippen LogP contribution in [0.2, 0.25) is 0 Å². The van der Waals surface area contributed by atoms with Gasteiger partial charge < -0.3 is 0 Å². The SMILES string of the molecule is Cc1cccc(C)c1/C=C1/CC(=O)NC1=O. The molecule has 3 heteroatoms. The van der Waals surface area contributed by atoms with Gasteiger partial charge in [-0.3, -0.25) is 14.9 Å². The van der Waals surface area contributed by atoms with Gasteiger partial charge in [-0.1, -0.05) is 18.2 Å². The van der Waals surface area contributed by atoms with E-state index in [2.05, 4.69) is 5.32 Å². The van der Waals surface area contributed by atoms with Crippen LogP contribution in [0.25, 0.3) is 6.08 Å². The molecule has 82 valence electrons. The fourth-order valence-electron chi connectivity index (χ4n) is 1.85. The molecule has 0 atom stereocenters. The van der Waals surface area contributed by atoms with Gasteiger partial charge in [-0.05, 0) is 36.6 Å². The molecule has 3 nitrogen and oxygen atoms in total. The molecule has 0 unspecified atom stereocenters. The van der Waals surface area contributed by atoms with Crippen LogP contribution in [-0.2, 0) is 9.59 Å². The average molecular weight is 215 g/mol. The van der Waals surface area contributed by atoms with Crippen molar-refractivity contribution in [2.75, 3.05) is 0 Å². The molecule has 2 amide bonds. The van der Waals surface area contributed by atoms with E-state index in [0.717, 1.165) is 16.7 Å². The molecule has 0 spiro atoms. The second kappa shape index (κ2) is 3.93. The lowest BCUT2D eigenvalue weighted by molar-refractivity contribution is -0.124. The number of hydrogen-bond acceptors (Lipinski definition) is 2. The van der Waals surface area contributed by atoms with Crippen molar-refractivity contribution in [2.24, 2.45) is 0 Å². The van der Waals surface area contributed by atoms with Crippen LogP contribution < -0.4 is 5.32 Å². The highest BCUT2D eigenvalue weighted by molar-refractivity contribution is 6.15. The lowest BCUT2D eigenvalue weighted by Crippen LogP contribution is -2.19. The summed E-state index contributed by atoms with van der Waals surface area (Å²) in [5.74, 6) is -0.491. The number of imide groups is 1. The van der Waals surface area contributed by atoms with E-state index < -0.39 is 0 Å².